The predicted octanol–water partition coefficient (Wildman–Crippen LogP) is 6.40. The molecular weight excluding hydrogens is 657 g/mol. The van der Waals surface area contributed by atoms with E-state index in [1.165, 1.54) is 20.8 Å². The predicted molar refractivity (Wildman–Crippen MR) is 190 cm³/mol. The van der Waals surface area contributed by atoms with Gasteiger partial charge in [-0.05, 0) is 67.6 Å². The van der Waals surface area contributed by atoms with Gasteiger partial charge in [-0.2, -0.15) is 0 Å². The van der Waals surface area contributed by atoms with Crippen LogP contribution in [0.4, 0.5) is 0 Å². The molecular formula is C39H56O10Si. The summed E-state index contributed by atoms with van der Waals surface area (Å²) >= 11 is 0. The summed E-state index contributed by atoms with van der Waals surface area (Å²) in [6.07, 6.45) is -5.21. The van der Waals surface area contributed by atoms with Gasteiger partial charge in [0.1, 0.15) is 24.4 Å². The Balaban J connectivity index is 2.17. The maximum atomic E-state index is 13.9. The Morgan fingerprint density at radius 1 is 0.940 bits per heavy atom. The van der Waals surface area contributed by atoms with E-state index >= 15 is 0 Å². The number of aliphatic hydroxyl groups is 1. The van der Waals surface area contributed by atoms with Crippen molar-refractivity contribution in [3.05, 3.63) is 59.2 Å². The number of ketones is 1. The molecule has 11 heteroatoms. The monoisotopic (exact) mass is 712 g/mol. The van der Waals surface area contributed by atoms with E-state index in [0.29, 0.717) is 5.57 Å². The van der Waals surface area contributed by atoms with Crippen molar-refractivity contribution < 1.29 is 47.7 Å². The van der Waals surface area contributed by atoms with Crippen molar-refractivity contribution in [1.82, 2.24) is 0 Å². The number of hydrogen-bond donors (Lipinski definition) is 1. The van der Waals surface area contributed by atoms with Crippen LogP contribution >= 0.6 is 0 Å². The van der Waals surface area contributed by atoms with Gasteiger partial charge in [0.2, 0.25) is 0 Å². The van der Waals surface area contributed by atoms with Gasteiger partial charge in [-0.15, -0.1) is 0 Å². The molecule has 2 saturated carbocycles. The Morgan fingerprint density at radius 2 is 1.48 bits per heavy atom. The van der Waals surface area contributed by atoms with Gasteiger partial charge in [-0.1, -0.05) is 64.6 Å². The molecule has 2 fully saturated rings. The third-order valence-corrected chi connectivity index (χ3v) is 16.3. The van der Waals surface area contributed by atoms with Crippen LogP contribution < -0.4 is 0 Å². The standard InChI is InChI=1S/C39H56O10Si/c1-22-28(43)19-30(46-24(3)40)38(11)32(22)34(47-25(4)41)39(37(9,10)44)20-29(49-50(12,13)36(6,7)8)23(2)31(39)33(35(38)48-26(5)42)45-21-27-17-15-14-16-18-27/h14-18,29-30,32-35,44H,1,19-21H2,2-13H3/t29-,30-,32-,33+,34-,35-,38+,39-/m0/s1. The second-order valence-electron chi connectivity index (χ2n) is 16.6. The minimum absolute atomic E-state index is 0.0901. The van der Waals surface area contributed by atoms with Gasteiger partial charge in [-0.3, -0.25) is 19.2 Å². The quantitative estimate of drug-likeness (QED) is 0.101. The molecule has 3 aliphatic rings. The lowest BCUT2D eigenvalue weighted by Gasteiger charge is -2.54. The van der Waals surface area contributed by atoms with Crippen molar-refractivity contribution in [3.63, 3.8) is 0 Å². The molecule has 4 rings (SSSR count). The number of carbonyl (C=O) groups is 4. The first-order valence-corrected chi connectivity index (χ1v) is 20.3. The fraction of sp³-hybridized carbons (Fsp3) is 0.641. The van der Waals surface area contributed by atoms with Crippen molar-refractivity contribution in [2.24, 2.45) is 16.7 Å². The molecule has 0 radical (unpaired) electrons. The number of rotatable bonds is 9. The lowest BCUT2D eigenvalue weighted by molar-refractivity contribution is -0.209. The van der Waals surface area contributed by atoms with Crippen molar-refractivity contribution in [3.8, 4) is 0 Å². The number of benzene rings is 1. The second kappa shape index (κ2) is 13.8. The molecule has 0 heterocycles. The minimum Gasteiger partial charge on any atom is -0.461 e. The summed E-state index contributed by atoms with van der Waals surface area (Å²) in [5.41, 5.74) is -2.21. The van der Waals surface area contributed by atoms with E-state index in [1.807, 2.05) is 37.3 Å². The van der Waals surface area contributed by atoms with Gasteiger partial charge in [0.05, 0.1) is 29.1 Å². The number of hydrogen-bond acceptors (Lipinski definition) is 10. The first-order valence-electron chi connectivity index (χ1n) is 17.4. The van der Waals surface area contributed by atoms with E-state index in [-0.39, 0.29) is 35.8 Å². The van der Waals surface area contributed by atoms with Gasteiger partial charge < -0.3 is 28.5 Å². The summed E-state index contributed by atoms with van der Waals surface area (Å²) in [5.74, 6) is -3.37. The summed E-state index contributed by atoms with van der Waals surface area (Å²) in [5, 5.41) is 12.4. The molecule has 1 aromatic rings. The Labute approximate surface area is 298 Å². The van der Waals surface area contributed by atoms with Crippen molar-refractivity contribution in [2.45, 2.75) is 143 Å². The van der Waals surface area contributed by atoms with Crippen LogP contribution in [0.3, 0.4) is 0 Å². The third-order valence-electron chi connectivity index (χ3n) is 11.8. The fourth-order valence-corrected chi connectivity index (χ4v) is 9.66. The topological polar surface area (TPSA) is 135 Å². The Hall–Kier alpha value is -3.12. The van der Waals surface area contributed by atoms with Gasteiger partial charge in [0.15, 0.2) is 14.1 Å². The van der Waals surface area contributed by atoms with Crippen LogP contribution in [-0.2, 0) is 49.2 Å². The lowest BCUT2D eigenvalue weighted by Crippen LogP contribution is -2.63. The number of ether oxygens (including phenoxy) is 4. The molecule has 0 aliphatic heterocycles. The largest absolute Gasteiger partial charge is 0.461 e. The van der Waals surface area contributed by atoms with Crippen molar-refractivity contribution >= 4 is 32.0 Å². The zero-order valence-electron chi connectivity index (χ0n) is 31.8. The first kappa shape index (κ1) is 39.7. The van der Waals surface area contributed by atoms with E-state index in [0.717, 1.165) is 11.1 Å². The number of carbonyl (C=O) groups excluding carboxylic acids is 4. The summed E-state index contributed by atoms with van der Waals surface area (Å²) in [4.78, 5) is 52.9. The molecule has 276 valence electrons. The van der Waals surface area contributed by atoms with E-state index in [2.05, 4.69) is 40.4 Å². The molecule has 1 N–H and O–H groups in total. The van der Waals surface area contributed by atoms with Crippen molar-refractivity contribution in [2.75, 3.05) is 0 Å². The Bertz CT molecular complexity index is 1550. The number of fused-ring (bicyclic) bond motifs is 2. The SMILES string of the molecule is C=C1C(=O)C[C@H](OC(C)=O)[C@@]2(C)[C@@H](OC(C)=O)[C@H](OCc3ccccc3)C3=C(C)[C@@H](O[Si](C)(C)C(C)(C)C)C[C@@]3(C(C)(C)O)[C@@H](OC(C)=O)[C@H]12. The van der Waals surface area contributed by atoms with Gasteiger partial charge in [0, 0.05) is 33.1 Å². The molecule has 50 heavy (non-hydrogen) atoms. The third kappa shape index (κ3) is 6.90. The molecule has 0 spiro atoms. The molecule has 10 nitrogen and oxygen atoms in total. The highest BCUT2D eigenvalue weighted by Crippen LogP contribution is 2.66. The summed E-state index contributed by atoms with van der Waals surface area (Å²) in [6.45, 7) is 25.9. The van der Waals surface area contributed by atoms with Crippen LogP contribution in [-0.4, -0.2) is 73.2 Å². The second-order valence-corrected chi connectivity index (χ2v) is 21.3. The minimum atomic E-state index is -2.45. The maximum Gasteiger partial charge on any atom is 0.303 e. The number of esters is 3. The molecule has 0 unspecified atom stereocenters. The van der Waals surface area contributed by atoms with Gasteiger partial charge in [-0.25, -0.2) is 0 Å². The Morgan fingerprint density at radius 3 is 1.98 bits per heavy atom. The van der Waals surface area contributed by atoms with Crippen LogP contribution in [0.5, 0.6) is 0 Å². The normalized spacial score (nSPS) is 31.8. The van der Waals surface area contributed by atoms with Gasteiger partial charge >= 0.3 is 17.9 Å². The van der Waals surface area contributed by atoms with Crippen molar-refractivity contribution in [1.29, 1.82) is 0 Å². The molecule has 0 bridgehead atoms. The Kier molecular flexibility index (Phi) is 10.9. The van der Waals surface area contributed by atoms with Crippen LogP contribution in [0.1, 0.15) is 87.6 Å². The zero-order chi connectivity index (χ0) is 37.8. The highest BCUT2D eigenvalue weighted by molar-refractivity contribution is 6.74. The molecule has 0 aromatic heterocycles. The van der Waals surface area contributed by atoms with Crippen LogP contribution in [0.2, 0.25) is 18.1 Å². The van der Waals surface area contributed by atoms with E-state index in [1.54, 1.807) is 20.8 Å². The average Bonchev–Trinajstić information content (AvgIpc) is 3.22. The molecule has 0 amide bonds. The van der Waals surface area contributed by atoms with E-state index < -0.39 is 79.1 Å². The van der Waals surface area contributed by atoms with Crippen LogP contribution in [0.15, 0.2) is 53.6 Å². The lowest BCUT2D eigenvalue weighted by atomic mass is 9.54. The summed E-state index contributed by atoms with van der Waals surface area (Å²) < 4.78 is 32.6. The summed E-state index contributed by atoms with van der Waals surface area (Å²) in [7, 11) is -2.45. The van der Waals surface area contributed by atoms with E-state index in [4.69, 9.17) is 23.4 Å². The first-order chi connectivity index (χ1) is 22.9. The van der Waals surface area contributed by atoms with Crippen LogP contribution in [0, 0.1) is 16.7 Å². The highest BCUT2D eigenvalue weighted by atomic mass is 28.4. The van der Waals surface area contributed by atoms with E-state index in [9.17, 15) is 24.3 Å². The summed E-state index contributed by atoms with van der Waals surface area (Å²) in [6, 6.07) is 9.50. The smallest absolute Gasteiger partial charge is 0.303 e. The van der Waals surface area contributed by atoms with Gasteiger partial charge in [0.25, 0.3) is 0 Å². The average molecular weight is 713 g/mol. The maximum absolute atomic E-state index is 13.9. The number of Topliss-reactive ketones (excluding diaryl/α,β-unsaturated/α-hetero) is 1. The molecule has 3 aliphatic carbocycles. The highest BCUT2D eigenvalue weighted by Gasteiger charge is 2.73. The van der Waals surface area contributed by atoms with Crippen LogP contribution in [0.25, 0.3) is 0 Å². The molecule has 1 aromatic carbocycles. The fourth-order valence-electron chi connectivity index (χ4n) is 8.33. The molecule has 0 saturated heterocycles. The molecule has 8 atom stereocenters. The zero-order valence-corrected chi connectivity index (χ0v) is 32.8.